The van der Waals surface area contributed by atoms with Crippen molar-refractivity contribution >= 4 is 23.0 Å². The Bertz CT molecular complexity index is 827. The second-order valence-corrected chi connectivity index (χ2v) is 4.82. The molecule has 1 amide bonds. The third-order valence-corrected chi connectivity index (χ3v) is 3.16. The molecule has 5 heteroatoms. The number of fused-ring (bicyclic) bond motifs is 1. The number of aromatic nitrogens is 1. The monoisotopic (exact) mass is 305 g/mol. The highest BCUT2D eigenvalue weighted by Crippen LogP contribution is 2.22. The Balaban J connectivity index is 1.57. The SMILES string of the molecule is O=C(COc1cccc2cccnc12)N/N=C\c1ccccc1. The van der Waals surface area contributed by atoms with Crippen LogP contribution < -0.4 is 10.2 Å². The summed E-state index contributed by atoms with van der Waals surface area (Å²) in [5.41, 5.74) is 4.08. The molecule has 0 aliphatic carbocycles. The number of ether oxygens (including phenoxy) is 1. The van der Waals surface area contributed by atoms with Crippen molar-refractivity contribution in [3.05, 3.63) is 72.4 Å². The predicted molar refractivity (Wildman–Crippen MR) is 89.4 cm³/mol. The maximum absolute atomic E-state index is 11.8. The molecule has 3 rings (SSSR count). The number of benzene rings is 2. The summed E-state index contributed by atoms with van der Waals surface area (Å²) in [6.45, 7) is -0.123. The summed E-state index contributed by atoms with van der Waals surface area (Å²) in [7, 11) is 0. The molecule has 1 aromatic heterocycles. The van der Waals surface area contributed by atoms with Crippen molar-refractivity contribution in [1.82, 2.24) is 10.4 Å². The Kier molecular flexibility index (Phi) is 4.59. The van der Waals surface area contributed by atoms with Gasteiger partial charge in [-0.3, -0.25) is 9.78 Å². The first-order valence-electron chi connectivity index (χ1n) is 7.16. The van der Waals surface area contributed by atoms with Crippen LogP contribution in [0.2, 0.25) is 0 Å². The number of hydrazone groups is 1. The second kappa shape index (κ2) is 7.17. The van der Waals surface area contributed by atoms with E-state index in [9.17, 15) is 4.79 Å². The predicted octanol–water partition coefficient (Wildman–Crippen LogP) is 2.76. The molecule has 0 radical (unpaired) electrons. The summed E-state index contributed by atoms with van der Waals surface area (Å²) in [6, 6.07) is 18.9. The fraction of sp³-hybridized carbons (Fsp3) is 0.0556. The number of nitrogens with zero attached hydrogens (tertiary/aromatic N) is 2. The number of hydrogen-bond acceptors (Lipinski definition) is 4. The minimum absolute atomic E-state index is 0.123. The van der Waals surface area contributed by atoms with E-state index in [4.69, 9.17) is 4.74 Å². The van der Waals surface area contributed by atoms with Gasteiger partial charge in [-0.2, -0.15) is 5.10 Å². The van der Waals surface area contributed by atoms with Crippen molar-refractivity contribution in [3.8, 4) is 5.75 Å². The van der Waals surface area contributed by atoms with Crippen molar-refractivity contribution in [1.29, 1.82) is 0 Å². The standard InChI is InChI=1S/C18H15N3O2/c22-17(21-20-12-14-6-2-1-3-7-14)13-23-16-10-4-8-15-9-5-11-19-18(15)16/h1-12H,13H2,(H,21,22)/b20-12-. The highest BCUT2D eigenvalue weighted by atomic mass is 16.5. The highest BCUT2D eigenvalue weighted by Gasteiger charge is 2.05. The van der Waals surface area contributed by atoms with Crippen LogP contribution in [0.25, 0.3) is 10.9 Å². The van der Waals surface area contributed by atoms with Gasteiger partial charge in [0.2, 0.25) is 0 Å². The highest BCUT2D eigenvalue weighted by molar-refractivity contribution is 5.85. The van der Waals surface area contributed by atoms with E-state index in [1.54, 1.807) is 18.5 Å². The largest absolute Gasteiger partial charge is 0.481 e. The molecule has 0 saturated heterocycles. The van der Waals surface area contributed by atoms with Gasteiger partial charge in [-0.1, -0.05) is 48.5 Å². The van der Waals surface area contributed by atoms with Gasteiger partial charge in [0.1, 0.15) is 11.3 Å². The summed E-state index contributed by atoms with van der Waals surface area (Å²) >= 11 is 0. The Hall–Kier alpha value is -3.21. The molecular weight excluding hydrogens is 290 g/mol. The average Bonchev–Trinajstić information content (AvgIpc) is 2.61. The molecule has 2 aromatic carbocycles. The van der Waals surface area contributed by atoms with Gasteiger partial charge in [-0.25, -0.2) is 5.43 Å². The summed E-state index contributed by atoms with van der Waals surface area (Å²) in [5.74, 6) is 0.246. The Labute approximate surface area is 133 Å². The quantitative estimate of drug-likeness (QED) is 0.582. The van der Waals surface area contributed by atoms with Crippen molar-refractivity contribution in [2.45, 2.75) is 0 Å². The van der Waals surface area contributed by atoms with Crippen LogP contribution in [0.5, 0.6) is 5.75 Å². The van der Waals surface area contributed by atoms with E-state index < -0.39 is 0 Å². The van der Waals surface area contributed by atoms with Crippen molar-refractivity contribution in [3.63, 3.8) is 0 Å². The van der Waals surface area contributed by atoms with Crippen molar-refractivity contribution < 1.29 is 9.53 Å². The van der Waals surface area contributed by atoms with Crippen LogP contribution in [0.15, 0.2) is 72.0 Å². The fourth-order valence-corrected chi connectivity index (χ4v) is 2.09. The molecule has 5 nitrogen and oxygen atoms in total. The third kappa shape index (κ3) is 3.91. The number of rotatable bonds is 5. The molecule has 0 unspecified atom stereocenters. The zero-order chi connectivity index (χ0) is 15.9. The number of carbonyl (C=O) groups excluding carboxylic acids is 1. The number of carbonyl (C=O) groups is 1. The van der Waals surface area contributed by atoms with Gasteiger partial charge >= 0.3 is 0 Å². The number of amides is 1. The lowest BCUT2D eigenvalue weighted by Crippen LogP contribution is -2.24. The molecule has 0 aliphatic heterocycles. The van der Waals surface area contributed by atoms with Gasteiger partial charge in [-0.05, 0) is 17.7 Å². The van der Waals surface area contributed by atoms with E-state index in [2.05, 4.69) is 15.5 Å². The molecule has 0 saturated carbocycles. The normalized spacial score (nSPS) is 10.8. The van der Waals surface area contributed by atoms with Crippen LogP contribution in [0.4, 0.5) is 0 Å². The van der Waals surface area contributed by atoms with Gasteiger partial charge in [0.15, 0.2) is 6.61 Å². The van der Waals surface area contributed by atoms with Crippen molar-refractivity contribution in [2.75, 3.05) is 6.61 Å². The lowest BCUT2D eigenvalue weighted by atomic mass is 10.2. The van der Waals surface area contributed by atoms with Gasteiger partial charge in [0.25, 0.3) is 5.91 Å². The summed E-state index contributed by atoms with van der Waals surface area (Å²) in [5, 5.41) is 4.86. The Morgan fingerprint density at radius 1 is 1.09 bits per heavy atom. The first kappa shape index (κ1) is 14.7. The molecule has 1 N–H and O–H groups in total. The van der Waals surface area contributed by atoms with Crippen LogP contribution >= 0.6 is 0 Å². The van der Waals surface area contributed by atoms with Gasteiger partial charge < -0.3 is 4.74 Å². The maximum Gasteiger partial charge on any atom is 0.277 e. The topological polar surface area (TPSA) is 63.6 Å². The molecule has 0 bridgehead atoms. The molecular formula is C18H15N3O2. The van der Waals surface area contributed by atoms with Crippen molar-refractivity contribution in [2.24, 2.45) is 5.10 Å². The maximum atomic E-state index is 11.8. The third-order valence-electron chi connectivity index (χ3n) is 3.16. The Morgan fingerprint density at radius 2 is 1.91 bits per heavy atom. The minimum Gasteiger partial charge on any atom is -0.481 e. The van der Waals surface area contributed by atoms with E-state index in [0.717, 1.165) is 16.5 Å². The van der Waals surface area contributed by atoms with Gasteiger partial charge in [0.05, 0.1) is 6.21 Å². The van der Waals surface area contributed by atoms with E-state index in [1.807, 2.05) is 54.6 Å². The molecule has 1 heterocycles. The number of para-hydroxylation sites is 1. The smallest absolute Gasteiger partial charge is 0.277 e. The molecule has 114 valence electrons. The first-order valence-corrected chi connectivity index (χ1v) is 7.16. The van der Waals surface area contributed by atoms with Crippen LogP contribution in [-0.4, -0.2) is 23.7 Å². The zero-order valence-corrected chi connectivity index (χ0v) is 12.3. The Morgan fingerprint density at radius 3 is 2.78 bits per heavy atom. The zero-order valence-electron chi connectivity index (χ0n) is 12.3. The van der Waals surface area contributed by atoms with Crippen LogP contribution in [0.3, 0.4) is 0 Å². The van der Waals surface area contributed by atoms with E-state index >= 15 is 0 Å². The molecule has 0 aliphatic rings. The summed E-state index contributed by atoms with van der Waals surface area (Å²) in [6.07, 6.45) is 3.27. The summed E-state index contributed by atoms with van der Waals surface area (Å²) < 4.78 is 5.54. The molecule has 23 heavy (non-hydrogen) atoms. The number of hydrogen-bond donors (Lipinski definition) is 1. The minimum atomic E-state index is -0.329. The van der Waals surface area contributed by atoms with E-state index in [-0.39, 0.29) is 12.5 Å². The first-order chi connectivity index (χ1) is 11.3. The van der Waals surface area contributed by atoms with Crippen LogP contribution in [0, 0.1) is 0 Å². The molecule has 0 fully saturated rings. The lowest BCUT2D eigenvalue weighted by molar-refractivity contribution is -0.123. The van der Waals surface area contributed by atoms with E-state index in [1.165, 1.54) is 0 Å². The average molecular weight is 305 g/mol. The lowest BCUT2D eigenvalue weighted by Gasteiger charge is -2.07. The molecule has 0 spiro atoms. The van der Waals surface area contributed by atoms with E-state index in [0.29, 0.717) is 5.75 Å². The fourth-order valence-electron chi connectivity index (χ4n) is 2.09. The van der Waals surface area contributed by atoms with Gasteiger partial charge in [-0.15, -0.1) is 0 Å². The summed E-state index contributed by atoms with van der Waals surface area (Å²) in [4.78, 5) is 16.0. The van der Waals surface area contributed by atoms with Gasteiger partial charge in [0, 0.05) is 11.6 Å². The second-order valence-electron chi connectivity index (χ2n) is 4.82. The van der Waals surface area contributed by atoms with Crippen LogP contribution in [0.1, 0.15) is 5.56 Å². The van der Waals surface area contributed by atoms with Crippen LogP contribution in [-0.2, 0) is 4.79 Å². The molecule has 0 atom stereocenters. The number of pyridine rings is 1. The molecule has 3 aromatic rings. The number of nitrogens with one attached hydrogen (secondary N) is 1.